The molecule has 0 amide bonds. The van der Waals surface area contributed by atoms with Crippen LogP contribution in [-0.4, -0.2) is 23.5 Å². The summed E-state index contributed by atoms with van der Waals surface area (Å²) in [5, 5.41) is 8.87. The normalized spacial score (nSPS) is 22.2. The van der Waals surface area contributed by atoms with Gasteiger partial charge in [-0.2, -0.15) is 0 Å². The molecule has 0 radical (unpaired) electrons. The minimum Gasteiger partial charge on any atom is -0.368 e. The van der Waals surface area contributed by atoms with Crippen molar-refractivity contribution in [2.45, 2.75) is 17.9 Å². The summed E-state index contributed by atoms with van der Waals surface area (Å²) in [6.45, 7) is 4.24. The molecule has 2 nitrogen and oxygen atoms in total. The second-order valence-electron chi connectivity index (χ2n) is 13.0. The Labute approximate surface area is 263 Å². The summed E-state index contributed by atoms with van der Waals surface area (Å²) in [6.07, 6.45) is 9.50. The SMILES string of the molecule is CC12C=CCN1C1=C(C=CCN1)C21c2ccccc2-c2c(-c3ccc4c(-c5cccc6ccccc56)cccc4c3)cccc21. The highest BCUT2D eigenvalue weighted by Gasteiger charge is 2.65. The van der Waals surface area contributed by atoms with Crippen molar-refractivity contribution in [2.24, 2.45) is 0 Å². The van der Waals surface area contributed by atoms with Crippen LogP contribution in [0.15, 0.2) is 157 Å². The van der Waals surface area contributed by atoms with Gasteiger partial charge in [0.05, 0.1) is 11.0 Å². The van der Waals surface area contributed by atoms with E-state index in [-0.39, 0.29) is 11.0 Å². The third kappa shape index (κ3) is 3.04. The smallest absolute Gasteiger partial charge is 0.107 e. The number of rotatable bonds is 2. The third-order valence-electron chi connectivity index (χ3n) is 11.0. The van der Waals surface area contributed by atoms with Gasteiger partial charge < -0.3 is 10.2 Å². The lowest BCUT2D eigenvalue weighted by Gasteiger charge is -2.44. The van der Waals surface area contributed by atoms with Crippen LogP contribution >= 0.6 is 0 Å². The molecule has 0 bridgehead atoms. The van der Waals surface area contributed by atoms with E-state index in [0.717, 1.165) is 13.1 Å². The molecule has 0 fully saturated rings. The van der Waals surface area contributed by atoms with Gasteiger partial charge in [-0.15, -0.1) is 0 Å². The molecule has 45 heavy (non-hydrogen) atoms. The number of hydrogen-bond acceptors (Lipinski definition) is 2. The Morgan fingerprint density at radius 1 is 0.622 bits per heavy atom. The molecule has 1 aliphatic carbocycles. The summed E-state index contributed by atoms with van der Waals surface area (Å²) >= 11 is 0. The van der Waals surface area contributed by atoms with Crippen molar-refractivity contribution in [2.75, 3.05) is 13.1 Å². The number of hydrogen-bond donors (Lipinski definition) is 1. The predicted molar refractivity (Wildman–Crippen MR) is 187 cm³/mol. The molecule has 3 heterocycles. The van der Waals surface area contributed by atoms with Gasteiger partial charge in [0.1, 0.15) is 5.82 Å². The average molecular weight is 577 g/mol. The Hall–Kier alpha value is -5.34. The summed E-state index contributed by atoms with van der Waals surface area (Å²) in [5.41, 5.74) is 11.5. The molecule has 2 unspecified atom stereocenters. The molecule has 4 aliphatic rings. The molecule has 6 aromatic rings. The quantitative estimate of drug-likeness (QED) is 0.207. The monoisotopic (exact) mass is 576 g/mol. The van der Waals surface area contributed by atoms with Crippen LogP contribution in [0.2, 0.25) is 0 Å². The first kappa shape index (κ1) is 25.0. The van der Waals surface area contributed by atoms with Crippen LogP contribution < -0.4 is 5.32 Å². The summed E-state index contributed by atoms with van der Waals surface area (Å²) in [5.74, 6) is 1.28. The summed E-state index contributed by atoms with van der Waals surface area (Å²) in [7, 11) is 0. The van der Waals surface area contributed by atoms with E-state index in [1.807, 2.05) is 0 Å². The van der Waals surface area contributed by atoms with Crippen molar-refractivity contribution < 1.29 is 0 Å². The minimum absolute atomic E-state index is 0.198. The van der Waals surface area contributed by atoms with E-state index in [9.17, 15) is 0 Å². The highest BCUT2D eigenvalue weighted by Crippen LogP contribution is 2.66. The van der Waals surface area contributed by atoms with Crippen LogP contribution in [0, 0.1) is 0 Å². The van der Waals surface area contributed by atoms with Gasteiger partial charge >= 0.3 is 0 Å². The Balaban J connectivity index is 1.21. The Morgan fingerprint density at radius 3 is 2.22 bits per heavy atom. The van der Waals surface area contributed by atoms with Gasteiger partial charge in [0.25, 0.3) is 0 Å². The van der Waals surface area contributed by atoms with E-state index < -0.39 is 0 Å². The summed E-state index contributed by atoms with van der Waals surface area (Å²) in [4.78, 5) is 2.59. The number of fused-ring (bicyclic) bond motifs is 11. The van der Waals surface area contributed by atoms with Crippen LogP contribution in [-0.2, 0) is 5.41 Å². The number of allylic oxidation sites excluding steroid dienone is 1. The van der Waals surface area contributed by atoms with Crippen LogP contribution in [0.5, 0.6) is 0 Å². The maximum Gasteiger partial charge on any atom is 0.107 e. The van der Waals surface area contributed by atoms with Crippen molar-refractivity contribution in [1.82, 2.24) is 10.2 Å². The lowest BCUT2D eigenvalue weighted by Crippen LogP contribution is -2.52. The fourth-order valence-corrected chi connectivity index (χ4v) is 9.19. The Morgan fingerprint density at radius 2 is 1.31 bits per heavy atom. The van der Waals surface area contributed by atoms with E-state index in [1.54, 1.807) is 0 Å². The molecule has 3 aliphatic heterocycles. The zero-order chi connectivity index (χ0) is 29.8. The van der Waals surface area contributed by atoms with Gasteiger partial charge in [-0.1, -0.05) is 140 Å². The third-order valence-corrected chi connectivity index (χ3v) is 11.0. The van der Waals surface area contributed by atoms with Gasteiger partial charge in [0, 0.05) is 18.7 Å². The van der Waals surface area contributed by atoms with Crippen LogP contribution in [0.25, 0.3) is 54.9 Å². The van der Waals surface area contributed by atoms with E-state index in [2.05, 4.69) is 163 Å². The highest BCUT2D eigenvalue weighted by atomic mass is 15.3. The number of nitrogens with one attached hydrogen (secondary N) is 1. The molecule has 0 aromatic heterocycles. The van der Waals surface area contributed by atoms with Gasteiger partial charge in [0.15, 0.2) is 0 Å². The van der Waals surface area contributed by atoms with Gasteiger partial charge in [-0.25, -0.2) is 0 Å². The molecule has 1 N–H and O–H groups in total. The van der Waals surface area contributed by atoms with Crippen molar-refractivity contribution in [1.29, 1.82) is 0 Å². The van der Waals surface area contributed by atoms with Crippen molar-refractivity contribution in [3.05, 3.63) is 168 Å². The van der Waals surface area contributed by atoms with E-state index in [0.29, 0.717) is 0 Å². The predicted octanol–water partition coefficient (Wildman–Crippen LogP) is 9.61. The second-order valence-corrected chi connectivity index (χ2v) is 13.0. The first-order valence-electron chi connectivity index (χ1n) is 16.1. The van der Waals surface area contributed by atoms with Gasteiger partial charge in [0.2, 0.25) is 0 Å². The maximum absolute atomic E-state index is 3.77. The van der Waals surface area contributed by atoms with Crippen molar-refractivity contribution in [3.8, 4) is 33.4 Å². The van der Waals surface area contributed by atoms with E-state index >= 15 is 0 Å². The largest absolute Gasteiger partial charge is 0.368 e. The van der Waals surface area contributed by atoms with Crippen LogP contribution in [0.1, 0.15) is 18.1 Å². The molecule has 10 rings (SSSR count). The molecule has 2 heteroatoms. The maximum atomic E-state index is 3.77. The zero-order valence-electron chi connectivity index (χ0n) is 25.2. The molecule has 214 valence electrons. The minimum atomic E-state index is -0.292. The number of nitrogens with zero attached hydrogens (tertiary/aromatic N) is 1. The van der Waals surface area contributed by atoms with Gasteiger partial charge in [-0.05, 0) is 79.0 Å². The van der Waals surface area contributed by atoms with E-state index in [4.69, 9.17) is 0 Å². The molecular weight excluding hydrogens is 544 g/mol. The second kappa shape index (κ2) is 8.86. The molecule has 0 saturated heterocycles. The van der Waals surface area contributed by atoms with Crippen molar-refractivity contribution >= 4 is 21.5 Å². The van der Waals surface area contributed by atoms with E-state index in [1.165, 1.54) is 77.4 Å². The van der Waals surface area contributed by atoms with Gasteiger partial charge in [-0.3, -0.25) is 0 Å². The van der Waals surface area contributed by atoms with Crippen molar-refractivity contribution in [3.63, 3.8) is 0 Å². The van der Waals surface area contributed by atoms with Crippen LogP contribution in [0.4, 0.5) is 0 Å². The molecule has 0 saturated carbocycles. The van der Waals surface area contributed by atoms with Crippen LogP contribution in [0.3, 0.4) is 0 Å². The molecule has 1 spiro atoms. The molecular formula is C43H32N2. The number of benzene rings is 6. The Kier molecular flexibility index (Phi) is 4.93. The summed E-state index contributed by atoms with van der Waals surface area (Å²) in [6, 6.07) is 45.3. The topological polar surface area (TPSA) is 15.3 Å². The zero-order valence-corrected chi connectivity index (χ0v) is 25.2. The fraction of sp³-hybridized carbons (Fsp3) is 0.116. The Bertz CT molecular complexity index is 2330. The number of dihydropyridines is 1. The average Bonchev–Trinajstić information content (AvgIpc) is 3.71. The lowest BCUT2D eigenvalue weighted by molar-refractivity contribution is 0.202. The highest BCUT2D eigenvalue weighted by molar-refractivity contribution is 6.07. The first-order chi connectivity index (χ1) is 22.2. The fourth-order valence-electron chi connectivity index (χ4n) is 9.19. The summed E-state index contributed by atoms with van der Waals surface area (Å²) < 4.78 is 0. The molecule has 6 aromatic carbocycles. The standard InChI is InChI=1S/C43H32N2/c1-42-24-10-26-45(42)41-39(21-9-25-44-41)43(42)37-19-5-4-15-36(37)40-33(16-8-20-38(40)43)30-22-23-32-29(27-30)13-7-18-35(32)34-17-6-12-28-11-2-3-14-31(28)34/h2-24,27,44H,25-26H2,1H3. The lowest BCUT2D eigenvalue weighted by atomic mass is 9.61. The molecule has 2 atom stereocenters. The first-order valence-corrected chi connectivity index (χ1v) is 16.1.